The highest BCUT2D eigenvalue weighted by Crippen LogP contribution is 2.22. The van der Waals surface area contributed by atoms with Gasteiger partial charge in [0.15, 0.2) is 5.15 Å². The molecule has 1 N–H and O–H groups in total. The van der Waals surface area contributed by atoms with E-state index in [0.717, 1.165) is 0 Å². The van der Waals surface area contributed by atoms with Gasteiger partial charge in [-0.25, -0.2) is 13.4 Å². The van der Waals surface area contributed by atoms with Crippen LogP contribution in [0.2, 0.25) is 5.15 Å². The zero-order chi connectivity index (χ0) is 19.6. The average molecular weight is 410 g/mol. The third kappa shape index (κ3) is 4.47. The maximum absolute atomic E-state index is 12.8. The summed E-state index contributed by atoms with van der Waals surface area (Å²) in [4.78, 5) is 16.4. The van der Waals surface area contributed by atoms with Gasteiger partial charge in [0.1, 0.15) is 0 Å². The summed E-state index contributed by atoms with van der Waals surface area (Å²) < 4.78 is 32.7. The van der Waals surface area contributed by atoms with Gasteiger partial charge in [0.25, 0.3) is 5.91 Å². The van der Waals surface area contributed by atoms with Gasteiger partial charge in [0.05, 0.1) is 22.8 Å². The first-order chi connectivity index (χ1) is 12.8. The molecule has 1 aliphatic heterocycles. The number of halogens is 1. The van der Waals surface area contributed by atoms with E-state index in [-0.39, 0.29) is 22.3 Å². The smallest absolute Gasteiger partial charge is 0.255 e. The topological polar surface area (TPSA) is 88.6 Å². The number of aromatic nitrogens is 1. The summed E-state index contributed by atoms with van der Waals surface area (Å²) in [7, 11) is -3.65. The van der Waals surface area contributed by atoms with Crippen molar-refractivity contribution < 1.29 is 17.9 Å². The number of benzene rings is 1. The van der Waals surface area contributed by atoms with E-state index in [1.807, 2.05) is 13.8 Å². The van der Waals surface area contributed by atoms with E-state index in [9.17, 15) is 13.2 Å². The number of hydrogen-bond acceptors (Lipinski definition) is 5. The normalized spacial score (nSPS) is 21.0. The fourth-order valence-corrected chi connectivity index (χ4v) is 4.69. The molecule has 1 fully saturated rings. The average Bonchev–Trinajstić information content (AvgIpc) is 2.63. The van der Waals surface area contributed by atoms with Crippen LogP contribution >= 0.6 is 11.6 Å². The molecule has 0 aliphatic carbocycles. The van der Waals surface area contributed by atoms with Gasteiger partial charge < -0.3 is 10.1 Å². The number of amides is 1. The lowest BCUT2D eigenvalue weighted by Crippen LogP contribution is -2.48. The predicted octanol–water partition coefficient (Wildman–Crippen LogP) is 2.79. The van der Waals surface area contributed by atoms with Crippen molar-refractivity contribution >= 4 is 33.2 Å². The fraction of sp³-hybridized carbons (Fsp3) is 0.333. The van der Waals surface area contributed by atoms with Gasteiger partial charge in [-0.3, -0.25) is 4.79 Å². The Balaban J connectivity index is 1.76. The summed E-state index contributed by atoms with van der Waals surface area (Å²) >= 11 is 5.93. The first-order valence-electron chi connectivity index (χ1n) is 8.45. The van der Waals surface area contributed by atoms with Gasteiger partial charge in [-0.1, -0.05) is 11.6 Å². The first-order valence-corrected chi connectivity index (χ1v) is 10.3. The lowest BCUT2D eigenvalue weighted by molar-refractivity contribution is -0.0440. The van der Waals surface area contributed by atoms with Crippen molar-refractivity contribution in [2.24, 2.45) is 0 Å². The molecule has 2 unspecified atom stereocenters. The quantitative estimate of drug-likeness (QED) is 0.784. The molecule has 0 spiro atoms. The third-order valence-corrected chi connectivity index (χ3v) is 6.29. The zero-order valence-corrected chi connectivity index (χ0v) is 16.5. The second-order valence-corrected chi connectivity index (χ2v) is 8.70. The van der Waals surface area contributed by atoms with Gasteiger partial charge in [-0.2, -0.15) is 4.31 Å². The fourth-order valence-electron chi connectivity index (χ4n) is 2.93. The highest BCUT2D eigenvalue weighted by atomic mass is 35.5. The van der Waals surface area contributed by atoms with E-state index >= 15 is 0 Å². The van der Waals surface area contributed by atoms with Gasteiger partial charge >= 0.3 is 0 Å². The molecule has 7 nitrogen and oxygen atoms in total. The Hall–Kier alpha value is -2.00. The van der Waals surface area contributed by atoms with Crippen LogP contribution in [0.5, 0.6) is 0 Å². The van der Waals surface area contributed by atoms with Crippen molar-refractivity contribution in [2.75, 3.05) is 18.4 Å². The molecule has 0 saturated carbocycles. The molecule has 1 aromatic heterocycles. The van der Waals surface area contributed by atoms with Crippen LogP contribution in [0.4, 0.5) is 5.69 Å². The predicted molar refractivity (Wildman–Crippen MR) is 102 cm³/mol. The summed E-state index contributed by atoms with van der Waals surface area (Å²) in [5.41, 5.74) is 0.703. The Bertz CT molecular complexity index is 924. The van der Waals surface area contributed by atoms with Crippen molar-refractivity contribution in [3.05, 3.63) is 53.3 Å². The first kappa shape index (κ1) is 19.8. The molecule has 1 saturated heterocycles. The Kier molecular flexibility index (Phi) is 5.81. The van der Waals surface area contributed by atoms with Crippen LogP contribution < -0.4 is 5.32 Å². The number of nitrogens with one attached hydrogen (secondary N) is 1. The van der Waals surface area contributed by atoms with Crippen LogP contribution in [0.3, 0.4) is 0 Å². The number of rotatable bonds is 4. The Morgan fingerprint density at radius 1 is 1.19 bits per heavy atom. The number of hydrogen-bond donors (Lipinski definition) is 1. The number of nitrogens with zero attached hydrogens (tertiary/aromatic N) is 2. The SMILES string of the molecule is CC1CN(S(=O)(=O)c2ccc(C(=O)Nc3cccnc3Cl)cc2)CC(C)O1. The maximum Gasteiger partial charge on any atom is 0.255 e. The second-order valence-electron chi connectivity index (χ2n) is 6.40. The van der Waals surface area contributed by atoms with E-state index in [2.05, 4.69) is 10.3 Å². The molecular weight excluding hydrogens is 390 g/mol. The van der Waals surface area contributed by atoms with Crippen LogP contribution in [0.25, 0.3) is 0 Å². The molecule has 1 aliphatic rings. The van der Waals surface area contributed by atoms with E-state index < -0.39 is 15.9 Å². The van der Waals surface area contributed by atoms with Gasteiger partial charge in [0.2, 0.25) is 10.0 Å². The van der Waals surface area contributed by atoms with Crippen LogP contribution in [0, 0.1) is 0 Å². The number of ether oxygens (including phenoxy) is 1. The standard InChI is InChI=1S/C18H20ClN3O4S/c1-12-10-22(11-13(2)26-12)27(24,25)15-7-5-14(6-8-15)18(23)21-16-4-3-9-20-17(16)19/h3-9,12-13H,10-11H2,1-2H3,(H,21,23). The van der Waals surface area contributed by atoms with Gasteiger partial charge in [-0.05, 0) is 50.2 Å². The maximum atomic E-state index is 12.8. The molecule has 1 aromatic carbocycles. The van der Waals surface area contributed by atoms with Crippen LogP contribution in [-0.4, -0.2) is 48.9 Å². The molecule has 2 atom stereocenters. The Morgan fingerprint density at radius 2 is 1.81 bits per heavy atom. The second kappa shape index (κ2) is 7.93. The lowest BCUT2D eigenvalue weighted by atomic mass is 10.2. The van der Waals surface area contributed by atoms with E-state index in [1.54, 1.807) is 12.1 Å². The number of anilines is 1. The number of sulfonamides is 1. The molecular formula is C18H20ClN3O4S. The van der Waals surface area contributed by atoms with Crippen molar-refractivity contribution in [3.63, 3.8) is 0 Å². The third-order valence-electron chi connectivity index (χ3n) is 4.15. The van der Waals surface area contributed by atoms with Crippen molar-refractivity contribution in [3.8, 4) is 0 Å². The molecule has 3 rings (SSSR count). The van der Waals surface area contributed by atoms with Crippen molar-refractivity contribution in [1.82, 2.24) is 9.29 Å². The van der Waals surface area contributed by atoms with Gasteiger partial charge in [0, 0.05) is 24.8 Å². The zero-order valence-electron chi connectivity index (χ0n) is 14.9. The number of carbonyl (C=O) groups is 1. The van der Waals surface area contributed by atoms with Crippen LogP contribution in [-0.2, 0) is 14.8 Å². The Morgan fingerprint density at radius 3 is 2.41 bits per heavy atom. The molecule has 2 aromatic rings. The number of pyridine rings is 1. The molecule has 0 bridgehead atoms. The summed E-state index contributed by atoms with van der Waals surface area (Å²) in [5.74, 6) is -0.400. The monoisotopic (exact) mass is 409 g/mol. The van der Waals surface area contributed by atoms with Crippen LogP contribution in [0.1, 0.15) is 24.2 Å². The molecule has 27 heavy (non-hydrogen) atoms. The summed E-state index contributed by atoms with van der Waals surface area (Å²) in [6.45, 7) is 4.28. The van der Waals surface area contributed by atoms with Crippen molar-refractivity contribution in [2.45, 2.75) is 31.0 Å². The van der Waals surface area contributed by atoms with Crippen LogP contribution in [0.15, 0.2) is 47.5 Å². The largest absolute Gasteiger partial charge is 0.373 e. The molecule has 1 amide bonds. The van der Waals surface area contributed by atoms with Gasteiger partial charge in [-0.15, -0.1) is 0 Å². The van der Waals surface area contributed by atoms with E-state index in [1.165, 1.54) is 34.8 Å². The minimum Gasteiger partial charge on any atom is -0.373 e. The molecule has 9 heteroatoms. The minimum atomic E-state index is -3.65. The summed E-state index contributed by atoms with van der Waals surface area (Å²) in [6, 6.07) is 9.09. The Labute approximate surface area is 163 Å². The molecule has 0 radical (unpaired) electrons. The highest BCUT2D eigenvalue weighted by molar-refractivity contribution is 7.89. The van der Waals surface area contributed by atoms with Crippen molar-refractivity contribution in [1.29, 1.82) is 0 Å². The molecule has 2 heterocycles. The summed E-state index contributed by atoms with van der Waals surface area (Å²) in [5, 5.41) is 2.83. The van der Waals surface area contributed by atoms with E-state index in [0.29, 0.717) is 24.3 Å². The molecule has 144 valence electrons. The minimum absolute atomic E-state index is 0.139. The summed E-state index contributed by atoms with van der Waals surface area (Å²) in [6.07, 6.45) is 1.18. The van der Waals surface area contributed by atoms with E-state index in [4.69, 9.17) is 16.3 Å². The highest BCUT2D eigenvalue weighted by Gasteiger charge is 2.32. The number of morpholine rings is 1. The number of carbonyl (C=O) groups excluding carboxylic acids is 1. The lowest BCUT2D eigenvalue weighted by Gasteiger charge is -2.34.